The quantitative estimate of drug-likeness (QED) is 0.596. The van der Waals surface area contributed by atoms with Crippen molar-refractivity contribution < 1.29 is 28.0 Å². The number of nitro groups is 1. The van der Waals surface area contributed by atoms with Gasteiger partial charge in [-0.25, -0.2) is 13.2 Å². The highest BCUT2D eigenvalue weighted by Crippen LogP contribution is 2.20. The number of hydrogen-bond acceptors (Lipinski definition) is 6. The second kappa shape index (κ2) is 6.95. The van der Waals surface area contributed by atoms with Gasteiger partial charge in [0.2, 0.25) is 0 Å². The summed E-state index contributed by atoms with van der Waals surface area (Å²) >= 11 is 0. The average Bonchev–Trinajstić information content (AvgIpc) is 2.50. The lowest BCUT2D eigenvalue weighted by Gasteiger charge is -2.29. The van der Waals surface area contributed by atoms with Crippen LogP contribution in [-0.4, -0.2) is 59.8 Å². The van der Waals surface area contributed by atoms with Crippen LogP contribution in [0.25, 0.3) is 0 Å². The van der Waals surface area contributed by atoms with Crippen LogP contribution < -0.4 is 0 Å². The number of amides is 1. The van der Waals surface area contributed by atoms with Gasteiger partial charge < -0.3 is 10.0 Å². The predicted octanol–water partition coefficient (Wildman–Crippen LogP) is 1.19. The van der Waals surface area contributed by atoms with Gasteiger partial charge in [-0.15, -0.1) is 0 Å². The van der Waals surface area contributed by atoms with Gasteiger partial charge in [0.1, 0.15) is 0 Å². The van der Waals surface area contributed by atoms with Crippen molar-refractivity contribution in [1.82, 2.24) is 4.90 Å². The van der Waals surface area contributed by atoms with Crippen molar-refractivity contribution in [2.24, 2.45) is 0 Å². The smallest absolute Gasteiger partial charge is 0.335 e. The maximum absolute atomic E-state index is 12.5. The number of nitrogens with zero attached hydrogens (tertiary/aromatic N) is 2. The second-order valence-corrected chi connectivity index (χ2v) is 7.92. The lowest BCUT2D eigenvalue weighted by atomic mass is 10.1. The molecule has 2 unspecified atom stereocenters. The van der Waals surface area contributed by atoms with Crippen LogP contribution in [0, 0.1) is 10.1 Å². The number of carbonyl (C=O) groups is 2. The molecule has 1 rings (SSSR count). The van der Waals surface area contributed by atoms with Crippen LogP contribution in [0.4, 0.5) is 5.69 Å². The Morgan fingerprint density at radius 3 is 2.12 bits per heavy atom. The van der Waals surface area contributed by atoms with E-state index < -0.39 is 49.2 Å². The van der Waals surface area contributed by atoms with Crippen LogP contribution in [0.5, 0.6) is 0 Å². The molecule has 1 amide bonds. The zero-order valence-corrected chi connectivity index (χ0v) is 14.4. The number of carbonyl (C=O) groups excluding carboxylic acids is 1. The SMILES string of the molecule is CC(C(C)S(C)(=O)=O)N(C)C(=O)c1cc(C(=O)O)cc([N+](=O)[O-])c1. The number of carboxylic acid groups (broad SMARTS) is 1. The fraction of sp³-hybridized carbons (Fsp3) is 0.429. The van der Waals surface area contributed by atoms with E-state index in [1.165, 1.54) is 20.9 Å². The van der Waals surface area contributed by atoms with Gasteiger partial charge in [0.15, 0.2) is 9.84 Å². The molecule has 0 heterocycles. The van der Waals surface area contributed by atoms with Crippen molar-refractivity contribution in [1.29, 1.82) is 0 Å². The summed E-state index contributed by atoms with van der Waals surface area (Å²) < 4.78 is 23.2. The van der Waals surface area contributed by atoms with E-state index in [0.29, 0.717) is 0 Å². The fourth-order valence-corrected chi connectivity index (χ4v) is 2.92. The molecular formula is C14H18N2O7S. The molecule has 0 radical (unpaired) electrons. The number of sulfone groups is 1. The van der Waals surface area contributed by atoms with E-state index in [1.807, 2.05) is 0 Å². The van der Waals surface area contributed by atoms with Gasteiger partial charge in [0.05, 0.1) is 15.7 Å². The van der Waals surface area contributed by atoms with Gasteiger partial charge in [-0.3, -0.25) is 14.9 Å². The van der Waals surface area contributed by atoms with Crippen LogP contribution in [0.15, 0.2) is 18.2 Å². The summed E-state index contributed by atoms with van der Waals surface area (Å²) in [4.78, 5) is 34.8. The summed E-state index contributed by atoms with van der Waals surface area (Å²) in [7, 11) is -2.05. The Kier molecular flexibility index (Phi) is 5.67. The summed E-state index contributed by atoms with van der Waals surface area (Å²) in [5, 5.41) is 19.1. The van der Waals surface area contributed by atoms with E-state index >= 15 is 0 Å². The highest BCUT2D eigenvalue weighted by Gasteiger charge is 2.29. The molecule has 0 aliphatic carbocycles. The molecule has 1 aromatic carbocycles. The number of non-ortho nitro benzene ring substituents is 1. The Balaban J connectivity index is 3.27. The minimum absolute atomic E-state index is 0.198. The van der Waals surface area contributed by atoms with Gasteiger partial charge in [-0.05, 0) is 19.9 Å². The number of hydrogen-bond donors (Lipinski definition) is 1. The van der Waals surface area contributed by atoms with Crippen LogP contribution in [0.3, 0.4) is 0 Å². The Labute approximate surface area is 139 Å². The monoisotopic (exact) mass is 358 g/mol. The number of nitro benzene ring substituents is 1. The van der Waals surface area contributed by atoms with Crippen molar-refractivity contribution in [3.63, 3.8) is 0 Å². The third-order valence-electron chi connectivity index (χ3n) is 3.91. The molecule has 0 saturated carbocycles. The van der Waals surface area contributed by atoms with Crippen molar-refractivity contribution in [3.8, 4) is 0 Å². The lowest BCUT2D eigenvalue weighted by Crippen LogP contribution is -2.44. The molecule has 2 atom stereocenters. The molecule has 0 fully saturated rings. The Bertz CT molecular complexity index is 756. The Hall–Kier alpha value is -2.49. The van der Waals surface area contributed by atoms with E-state index in [1.54, 1.807) is 0 Å². The maximum Gasteiger partial charge on any atom is 0.335 e. The van der Waals surface area contributed by atoms with Crippen LogP contribution in [0.1, 0.15) is 34.6 Å². The minimum atomic E-state index is -3.40. The number of rotatable bonds is 6. The first-order chi connectivity index (χ1) is 10.9. The molecule has 0 bridgehead atoms. The summed E-state index contributed by atoms with van der Waals surface area (Å²) in [6, 6.07) is 2.12. The fourth-order valence-electron chi connectivity index (χ4n) is 2.02. The van der Waals surface area contributed by atoms with Crippen LogP contribution in [0.2, 0.25) is 0 Å². The summed E-state index contributed by atoms with van der Waals surface area (Å²) in [5.74, 6) is -2.11. The predicted molar refractivity (Wildman–Crippen MR) is 85.9 cm³/mol. The van der Waals surface area contributed by atoms with E-state index in [-0.39, 0.29) is 5.56 Å². The molecule has 1 aromatic rings. The Morgan fingerprint density at radius 1 is 1.21 bits per heavy atom. The van der Waals surface area contributed by atoms with E-state index in [0.717, 1.165) is 29.4 Å². The minimum Gasteiger partial charge on any atom is -0.478 e. The molecule has 0 aromatic heterocycles. The molecule has 0 aliphatic rings. The first-order valence-corrected chi connectivity index (χ1v) is 8.80. The maximum atomic E-state index is 12.5. The van der Waals surface area contributed by atoms with Gasteiger partial charge in [0, 0.05) is 37.0 Å². The van der Waals surface area contributed by atoms with E-state index in [4.69, 9.17) is 5.11 Å². The first-order valence-electron chi connectivity index (χ1n) is 6.85. The normalized spacial score (nSPS) is 13.8. The van der Waals surface area contributed by atoms with Gasteiger partial charge in [-0.1, -0.05) is 0 Å². The highest BCUT2D eigenvalue weighted by atomic mass is 32.2. The summed E-state index contributed by atoms with van der Waals surface area (Å²) in [6.45, 7) is 2.97. The van der Waals surface area contributed by atoms with Crippen molar-refractivity contribution >= 4 is 27.4 Å². The molecule has 132 valence electrons. The van der Waals surface area contributed by atoms with Crippen molar-refractivity contribution in [3.05, 3.63) is 39.4 Å². The first kappa shape index (κ1) is 19.6. The van der Waals surface area contributed by atoms with E-state index in [9.17, 15) is 28.1 Å². The molecule has 10 heteroatoms. The molecule has 0 aliphatic heterocycles. The molecule has 0 saturated heterocycles. The zero-order valence-electron chi connectivity index (χ0n) is 13.6. The molecular weight excluding hydrogens is 340 g/mol. The number of carboxylic acids is 1. The lowest BCUT2D eigenvalue weighted by molar-refractivity contribution is -0.384. The molecule has 9 nitrogen and oxygen atoms in total. The Morgan fingerprint density at radius 2 is 1.71 bits per heavy atom. The van der Waals surface area contributed by atoms with E-state index in [2.05, 4.69) is 0 Å². The highest BCUT2D eigenvalue weighted by molar-refractivity contribution is 7.91. The van der Waals surface area contributed by atoms with Crippen LogP contribution >= 0.6 is 0 Å². The number of aromatic carboxylic acids is 1. The van der Waals surface area contributed by atoms with Crippen molar-refractivity contribution in [2.45, 2.75) is 25.1 Å². The standard InChI is InChI=1S/C14H18N2O7S/c1-8(9(2)24(4,22)23)15(3)13(17)10-5-11(14(18)19)7-12(6-10)16(20)21/h5-9H,1-4H3,(H,18,19). The average molecular weight is 358 g/mol. The molecule has 0 spiro atoms. The van der Waals surface area contributed by atoms with Gasteiger partial charge in [0.25, 0.3) is 11.6 Å². The molecule has 24 heavy (non-hydrogen) atoms. The third kappa shape index (κ3) is 4.28. The van der Waals surface area contributed by atoms with Gasteiger partial charge in [-0.2, -0.15) is 0 Å². The molecule has 1 N–H and O–H groups in total. The summed E-state index contributed by atoms with van der Waals surface area (Å²) in [5.41, 5.74) is -1.13. The third-order valence-corrected chi connectivity index (χ3v) is 5.65. The summed E-state index contributed by atoms with van der Waals surface area (Å²) in [6.07, 6.45) is 1.04. The van der Waals surface area contributed by atoms with Crippen LogP contribution in [-0.2, 0) is 9.84 Å². The largest absolute Gasteiger partial charge is 0.478 e. The zero-order chi connectivity index (χ0) is 18.8. The van der Waals surface area contributed by atoms with Crippen molar-refractivity contribution in [2.75, 3.05) is 13.3 Å². The second-order valence-electron chi connectivity index (χ2n) is 5.52. The number of benzene rings is 1. The van der Waals surface area contributed by atoms with Gasteiger partial charge >= 0.3 is 5.97 Å². The topological polar surface area (TPSA) is 135 Å².